The molecule has 1 heterocycles. The van der Waals surface area contributed by atoms with Gasteiger partial charge in [0.2, 0.25) is 15.2 Å². The molecule has 3 rings (SSSR count). The fraction of sp³-hybridized carbons (Fsp3) is 0.105. The van der Waals surface area contributed by atoms with Crippen LogP contribution >= 0.6 is 11.3 Å². The zero-order valence-corrected chi connectivity index (χ0v) is 17.3. The molecule has 0 spiro atoms. The first-order chi connectivity index (χ1) is 14.2. The number of carbonyl (C=O) groups is 1. The summed E-state index contributed by atoms with van der Waals surface area (Å²) in [5.41, 5.74) is 0.0357. The maximum atomic E-state index is 14.1. The van der Waals surface area contributed by atoms with E-state index in [0.29, 0.717) is 0 Å². The predicted octanol–water partition coefficient (Wildman–Crippen LogP) is 3.43. The summed E-state index contributed by atoms with van der Waals surface area (Å²) in [4.78, 5) is 12.2. The summed E-state index contributed by atoms with van der Waals surface area (Å²) in [6.45, 7) is 5.53. The lowest BCUT2D eigenvalue weighted by Crippen LogP contribution is -2.24. The van der Waals surface area contributed by atoms with Gasteiger partial charge in [-0.25, -0.2) is 21.9 Å². The van der Waals surface area contributed by atoms with Crippen LogP contribution in [-0.4, -0.2) is 31.1 Å². The van der Waals surface area contributed by atoms with Crippen molar-refractivity contribution in [3.05, 3.63) is 76.8 Å². The molecule has 0 saturated carbocycles. The van der Waals surface area contributed by atoms with Gasteiger partial charge in [0.1, 0.15) is 16.6 Å². The molecule has 0 atom stereocenters. The quantitative estimate of drug-likeness (QED) is 0.574. The van der Waals surface area contributed by atoms with Crippen molar-refractivity contribution in [2.45, 2.75) is 11.8 Å². The van der Waals surface area contributed by atoms with Crippen LogP contribution in [0.1, 0.15) is 27.9 Å². The number of nitrogens with zero attached hydrogens (tertiary/aromatic N) is 2. The van der Waals surface area contributed by atoms with Crippen LogP contribution in [0, 0.1) is 11.6 Å². The number of halogens is 2. The Hall–Kier alpha value is -3.02. The van der Waals surface area contributed by atoms with Crippen molar-refractivity contribution in [3.63, 3.8) is 0 Å². The van der Waals surface area contributed by atoms with Crippen LogP contribution in [0.4, 0.5) is 13.9 Å². The number of hydrogen-bond donors (Lipinski definition) is 2. The summed E-state index contributed by atoms with van der Waals surface area (Å²) in [5, 5.41) is 10.3. The van der Waals surface area contributed by atoms with Gasteiger partial charge < -0.3 is 0 Å². The van der Waals surface area contributed by atoms with Crippen LogP contribution in [-0.2, 0) is 10.0 Å². The molecule has 7 nitrogen and oxygen atoms in total. The minimum Gasteiger partial charge on any atom is -0.296 e. The van der Waals surface area contributed by atoms with E-state index in [2.05, 4.69) is 26.8 Å². The Morgan fingerprint density at radius 1 is 1.10 bits per heavy atom. The summed E-state index contributed by atoms with van der Waals surface area (Å²) in [5.74, 6) is -2.28. The highest BCUT2D eigenvalue weighted by Crippen LogP contribution is 2.28. The molecule has 0 aliphatic rings. The minimum atomic E-state index is -3.87. The Morgan fingerprint density at radius 2 is 1.80 bits per heavy atom. The van der Waals surface area contributed by atoms with E-state index in [1.165, 1.54) is 18.2 Å². The topological polar surface area (TPSA) is 101 Å². The molecule has 0 saturated heterocycles. The van der Waals surface area contributed by atoms with Gasteiger partial charge in [-0.15, -0.1) is 10.2 Å². The molecule has 1 amide bonds. The normalized spacial score (nSPS) is 11.3. The van der Waals surface area contributed by atoms with Crippen molar-refractivity contribution in [3.8, 4) is 0 Å². The van der Waals surface area contributed by atoms with Crippen LogP contribution in [0.2, 0.25) is 0 Å². The lowest BCUT2D eigenvalue weighted by Gasteiger charge is -2.08. The fourth-order valence-electron chi connectivity index (χ4n) is 2.50. The van der Waals surface area contributed by atoms with Gasteiger partial charge >= 0.3 is 0 Å². The number of nitrogens with one attached hydrogen (secondary N) is 2. The average molecular weight is 450 g/mol. The summed E-state index contributed by atoms with van der Waals surface area (Å²) in [7, 11) is -3.87. The van der Waals surface area contributed by atoms with Gasteiger partial charge in [-0.05, 0) is 24.3 Å². The maximum Gasteiger partial charge on any atom is 0.260 e. The monoisotopic (exact) mass is 450 g/mol. The van der Waals surface area contributed by atoms with Crippen LogP contribution in [0.25, 0.3) is 5.57 Å². The highest BCUT2D eigenvalue weighted by atomic mass is 32.2. The Morgan fingerprint density at radius 3 is 2.50 bits per heavy atom. The number of amides is 1. The van der Waals surface area contributed by atoms with E-state index in [-0.39, 0.29) is 32.7 Å². The summed E-state index contributed by atoms with van der Waals surface area (Å²) in [6, 6.07) is 8.88. The second-order valence-corrected chi connectivity index (χ2v) is 8.71. The lowest BCUT2D eigenvalue weighted by atomic mass is 10.1. The van der Waals surface area contributed by atoms with Crippen molar-refractivity contribution in [1.82, 2.24) is 14.9 Å². The zero-order valence-electron chi connectivity index (χ0n) is 15.6. The number of benzene rings is 2. The van der Waals surface area contributed by atoms with Gasteiger partial charge in [0.15, 0.2) is 0 Å². The maximum absolute atomic E-state index is 14.1. The minimum absolute atomic E-state index is 0.0202. The third kappa shape index (κ3) is 4.58. The standard InChI is InChI=1S/C19H16F2N4O3S2/c1-3-22-30(27,28)12-8-9-16(21)14(10-12)17(26)23-19-25-24-18(29-19)11(2)13-6-4-5-7-15(13)20/h4-10,22H,2-3H2,1H3,(H,23,25,26). The van der Waals surface area contributed by atoms with E-state index in [1.807, 2.05) is 0 Å². The third-order valence-corrected chi connectivity index (χ3v) is 6.37. The highest BCUT2D eigenvalue weighted by Gasteiger charge is 2.20. The molecule has 0 unspecified atom stereocenters. The van der Waals surface area contributed by atoms with Crippen LogP contribution < -0.4 is 10.0 Å². The average Bonchev–Trinajstić information content (AvgIpc) is 3.16. The molecule has 0 fully saturated rings. The van der Waals surface area contributed by atoms with Crippen molar-refractivity contribution in [2.24, 2.45) is 0 Å². The first-order valence-electron chi connectivity index (χ1n) is 8.61. The summed E-state index contributed by atoms with van der Waals surface area (Å²) < 4.78 is 54.5. The molecule has 0 aliphatic heterocycles. The summed E-state index contributed by atoms with van der Waals surface area (Å²) >= 11 is 0.918. The smallest absolute Gasteiger partial charge is 0.260 e. The van der Waals surface area contributed by atoms with Gasteiger partial charge in [0, 0.05) is 17.7 Å². The lowest BCUT2D eigenvalue weighted by molar-refractivity contribution is 0.102. The molecule has 0 radical (unpaired) electrons. The van der Waals surface area contributed by atoms with Crippen LogP contribution in [0.5, 0.6) is 0 Å². The Kier molecular flexibility index (Phi) is 6.34. The van der Waals surface area contributed by atoms with E-state index in [1.54, 1.807) is 13.0 Å². The second-order valence-electron chi connectivity index (χ2n) is 5.97. The van der Waals surface area contributed by atoms with Gasteiger partial charge in [0.05, 0.1) is 10.5 Å². The van der Waals surface area contributed by atoms with Gasteiger partial charge in [-0.3, -0.25) is 10.1 Å². The first kappa shape index (κ1) is 21.7. The number of hydrogen-bond acceptors (Lipinski definition) is 6. The van der Waals surface area contributed by atoms with E-state index in [0.717, 1.165) is 29.5 Å². The molecule has 2 N–H and O–H groups in total. The number of rotatable bonds is 7. The molecule has 0 bridgehead atoms. The number of sulfonamides is 1. The largest absolute Gasteiger partial charge is 0.296 e. The Bertz CT molecular complexity index is 1230. The van der Waals surface area contributed by atoms with Crippen molar-refractivity contribution in [2.75, 3.05) is 11.9 Å². The predicted molar refractivity (Wildman–Crippen MR) is 110 cm³/mol. The summed E-state index contributed by atoms with van der Waals surface area (Å²) in [6.07, 6.45) is 0. The van der Waals surface area contributed by atoms with E-state index in [4.69, 9.17) is 0 Å². The number of anilines is 1. The van der Waals surface area contributed by atoms with Crippen molar-refractivity contribution in [1.29, 1.82) is 0 Å². The number of aromatic nitrogens is 2. The molecule has 0 aliphatic carbocycles. The number of carbonyl (C=O) groups excluding carboxylic acids is 1. The Balaban J connectivity index is 1.82. The molecule has 2 aromatic carbocycles. The van der Waals surface area contributed by atoms with Gasteiger partial charge in [-0.2, -0.15) is 0 Å². The van der Waals surface area contributed by atoms with Crippen molar-refractivity contribution >= 4 is 38.0 Å². The van der Waals surface area contributed by atoms with Crippen LogP contribution in [0.15, 0.2) is 53.9 Å². The molecule has 1 aromatic heterocycles. The van der Waals surface area contributed by atoms with Gasteiger partial charge in [0.25, 0.3) is 5.91 Å². The molecular formula is C19H16F2N4O3S2. The first-order valence-corrected chi connectivity index (χ1v) is 10.9. The van der Waals surface area contributed by atoms with E-state index >= 15 is 0 Å². The highest BCUT2D eigenvalue weighted by molar-refractivity contribution is 7.89. The molecular weight excluding hydrogens is 434 g/mol. The van der Waals surface area contributed by atoms with Crippen molar-refractivity contribution < 1.29 is 22.0 Å². The molecule has 156 valence electrons. The molecule has 11 heteroatoms. The fourth-order valence-corrected chi connectivity index (χ4v) is 4.29. The van der Waals surface area contributed by atoms with E-state index < -0.39 is 33.1 Å². The molecule has 30 heavy (non-hydrogen) atoms. The molecule has 3 aromatic rings. The van der Waals surface area contributed by atoms with E-state index in [9.17, 15) is 22.0 Å². The Labute approximate surface area is 175 Å². The zero-order chi connectivity index (χ0) is 21.9. The SMILES string of the molecule is C=C(c1nnc(NC(=O)c2cc(S(=O)(=O)NCC)ccc2F)s1)c1ccccc1F. The van der Waals surface area contributed by atoms with Gasteiger partial charge in [-0.1, -0.05) is 43.0 Å². The second kappa shape index (κ2) is 8.78. The third-order valence-electron chi connectivity index (χ3n) is 3.93. The van der Waals surface area contributed by atoms with Crippen LogP contribution in [0.3, 0.4) is 0 Å².